The lowest BCUT2D eigenvalue weighted by atomic mass is 9.96. The molecule has 8 nitrogen and oxygen atoms in total. The molecule has 24 heavy (non-hydrogen) atoms. The topological polar surface area (TPSA) is 111 Å². The van der Waals surface area contributed by atoms with E-state index in [1.165, 1.54) is 13.8 Å². The standard InChI is InChI=1S/C15H18N2O6S/c1-9-14(10(2)23-17-9)24(19,20)16-7-15(3,18)11-4-5-12-13(6-11)22-8-21-12/h4-6,16,18H,7-8H2,1-3H3/t15-/m1/s1. The van der Waals surface area contributed by atoms with Crippen LogP contribution in [0.3, 0.4) is 0 Å². The maximum atomic E-state index is 12.4. The van der Waals surface area contributed by atoms with Gasteiger partial charge < -0.3 is 19.1 Å². The summed E-state index contributed by atoms with van der Waals surface area (Å²) in [5, 5.41) is 14.3. The lowest BCUT2D eigenvalue weighted by Crippen LogP contribution is -2.38. The van der Waals surface area contributed by atoms with Gasteiger partial charge in [0.2, 0.25) is 16.8 Å². The Kier molecular flexibility index (Phi) is 4.02. The molecule has 1 aromatic carbocycles. The van der Waals surface area contributed by atoms with Gasteiger partial charge in [0, 0.05) is 6.54 Å². The summed E-state index contributed by atoms with van der Waals surface area (Å²) in [4.78, 5) is -0.0102. The average molecular weight is 354 g/mol. The highest BCUT2D eigenvalue weighted by Gasteiger charge is 2.30. The zero-order chi connectivity index (χ0) is 17.5. The molecule has 0 saturated heterocycles. The minimum absolute atomic E-state index is 0.0102. The molecule has 2 N–H and O–H groups in total. The molecule has 0 amide bonds. The van der Waals surface area contributed by atoms with E-state index in [0.717, 1.165) is 0 Å². The molecule has 2 heterocycles. The van der Waals surface area contributed by atoms with Crippen LogP contribution in [0.2, 0.25) is 0 Å². The molecular formula is C15H18N2O6S. The molecule has 1 aliphatic rings. The number of aliphatic hydroxyl groups is 1. The second-order valence-electron chi connectivity index (χ2n) is 5.82. The fourth-order valence-corrected chi connectivity index (χ4v) is 3.96. The van der Waals surface area contributed by atoms with Crippen LogP contribution < -0.4 is 14.2 Å². The van der Waals surface area contributed by atoms with Crippen LogP contribution in [-0.4, -0.2) is 32.0 Å². The van der Waals surface area contributed by atoms with Crippen LogP contribution in [0.25, 0.3) is 0 Å². The van der Waals surface area contributed by atoms with Crippen molar-refractivity contribution in [2.75, 3.05) is 13.3 Å². The minimum Gasteiger partial charge on any atom is -0.454 e. The third-order valence-electron chi connectivity index (χ3n) is 3.84. The summed E-state index contributed by atoms with van der Waals surface area (Å²) in [6, 6.07) is 4.97. The summed E-state index contributed by atoms with van der Waals surface area (Å²) < 4.78 is 42.7. The molecule has 0 spiro atoms. The van der Waals surface area contributed by atoms with Gasteiger partial charge in [0.05, 0.1) is 0 Å². The van der Waals surface area contributed by atoms with Gasteiger partial charge >= 0.3 is 0 Å². The van der Waals surface area contributed by atoms with E-state index in [0.29, 0.717) is 17.1 Å². The maximum absolute atomic E-state index is 12.4. The van der Waals surface area contributed by atoms with Gasteiger partial charge in [-0.25, -0.2) is 13.1 Å². The van der Waals surface area contributed by atoms with Gasteiger partial charge in [0.15, 0.2) is 17.3 Å². The number of nitrogens with one attached hydrogen (secondary N) is 1. The number of hydrogen-bond acceptors (Lipinski definition) is 7. The molecule has 1 aromatic heterocycles. The predicted octanol–water partition coefficient (Wildman–Crippen LogP) is 1.21. The summed E-state index contributed by atoms with van der Waals surface area (Å²) in [5.74, 6) is 1.30. The molecule has 9 heteroatoms. The quantitative estimate of drug-likeness (QED) is 0.830. The van der Waals surface area contributed by atoms with E-state index in [1.807, 2.05) is 0 Å². The fraction of sp³-hybridized carbons (Fsp3) is 0.400. The number of ether oxygens (including phenoxy) is 2. The predicted molar refractivity (Wildman–Crippen MR) is 83.3 cm³/mol. The number of sulfonamides is 1. The van der Waals surface area contributed by atoms with Crippen LogP contribution in [0.5, 0.6) is 11.5 Å². The SMILES string of the molecule is Cc1noc(C)c1S(=O)(=O)NC[C@@](C)(O)c1ccc2c(c1)OCO2. The second-order valence-corrected chi connectivity index (χ2v) is 7.52. The summed E-state index contributed by atoms with van der Waals surface area (Å²) in [6.07, 6.45) is 0. The number of rotatable bonds is 5. The number of benzene rings is 1. The number of aryl methyl sites for hydroxylation is 2. The van der Waals surface area contributed by atoms with Crippen LogP contribution in [0.15, 0.2) is 27.6 Å². The van der Waals surface area contributed by atoms with E-state index in [2.05, 4.69) is 9.88 Å². The van der Waals surface area contributed by atoms with Gasteiger partial charge in [0.1, 0.15) is 16.2 Å². The Balaban J connectivity index is 1.80. The molecule has 2 aromatic rings. The van der Waals surface area contributed by atoms with E-state index >= 15 is 0 Å². The largest absolute Gasteiger partial charge is 0.454 e. The van der Waals surface area contributed by atoms with E-state index in [9.17, 15) is 13.5 Å². The Morgan fingerprint density at radius 1 is 1.29 bits per heavy atom. The van der Waals surface area contributed by atoms with Gasteiger partial charge in [0.25, 0.3) is 0 Å². The Hall–Kier alpha value is -2.10. The molecule has 0 saturated carbocycles. The first-order valence-corrected chi connectivity index (χ1v) is 8.74. The van der Waals surface area contributed by atoms with Gasteiger partial charge in [-0.05, 0) is 38.5 Å². The first-order chi connectivity index (χ1) is 11.2. The van der Waals surface area contributed by atoms with Crippen molar-refractivity contribution >= 4 is 10.0 Å². The summed E-state index contributed by atoms with van der Waals surface area (Å²) >= 11 is 0. The van der Waals surface area contributed by atoms with Crippen LogP contribution in [0, 0.1) is 13.8 Å². The number of nitrogens with zero attached hydrogens (tertiary/aromatic N) is 1. The van der Waals surface area contributed by atoms with Crippen molar-refractivity contribution in [3.63, 3.8) is 0 Å². The zero-order valence-corrected chi connectivity index (χ0v) is 14.3. The van der Waals surface area contributed by atoms with Gasteiger partial charge in [-0.3, -0.25) is 0 Å². The van der Waals surface area contributed by atoms with Gasteiger partial charge in [-0.2, -0.15) is 0 Å². The smallest absolute Gasteiger partial charge is 0.246 e. The number of fused-ring (bicyclic) bond motifs is 1. The van der Waals surface area contributed by atoms with Crippen molar-refractivity contribution in [1.29, 1.82) is 0 Å². The van der Waals surface area contributed by atoms with E-state index in [4.69, 9.17) is 14.0 Å². The molecule has 130 valence electrons. The van der Waals surface area contributed by atoms with E-state index in [-0.39, 0.29) is 29.7 Å². The zero-order valence-electron chi connectivity index (χ0n) is 13.5. The Morgan fingerprint density at radius 3 is 2.67 bits per heavy atom. The Labute approximate surface area is 139 Å². The molecular weight excluding hydrogens is 336 g/mol. The van der Waals surface area contributed by atoms with E-state index < -0.39 is 15.6 Å². The van der Waals surface area contributed by atoms with Crippen LogP contribution in [0.4, 0.5) is 0 Å². The highest BCUT2D eigenvalue weighted by atomic mass is 32.2. The van der Waals surface area contributed by atoms with E-state index in [1.54, 1.807) is 25.1 Å². The molecule has 3 rings (SSSR count). The highest BCUT2D eigenvalue weighted by molar-refractivity contribution is 7.89. The number of aromatic nitrogens is 1. The van der Waals surface area contributed by atoms with Crippen LogP contribution in [0.1, 0.15) is 23.9 Å². The maximum Gasteiger partial charge on any atom is 0.246 e. The highest BCUT2D eigenvalue weighted by Crippen LogP contribution is 2.35. The van der Waals surface area contributed by atoms with Crippen molar-refractivity contribution in [3.05, 3.63) is 35.2 Å². The summed E-state index contributed by atoms with van der Waals surface area (Å²) in [5.41, 5.74) is -0.663. The summed E-state index contributed by atoms with van der Waals surface area (Å²) in [7, 11) is -3.85. The van der Waals surface area contributed by atoms with Crippen molar-refractivity contribution < 1.29 is 27.5 Å². The van der Waals surface area contributed by atoms with Gasteiger partial charge in [-0.1, -0.05) is 11.2 Å². The molecule has 0 fully saturated rings. The van der Waals surface area contributed by atoms with Crippen molar-refractivity contribution in [3.8, 4) is 11.5 Å². The Bertz CT molecular complexity index is 853. The number of hydrogen-bond donors (Lipinski definition) is 2. The molecule has 0 radical (unpaired) electrons. The van der Waals surface area contributed by atoms with Crippen molar-refractivity contribution in [2.24, 2.45) is 0 Å². The monoisotopic (exact) mass is 354 g/mol. The Morgan fingerprint density at radius 2 is 2.00 bits per heavy atom. The minimum atomic E-state index is -3.85. The lowest BCUT2D eigenvalue weighted by molar-refractivity contribution is 0.0625. The lowest BCUT2D eigenvalue weighted by Gasteiger charge is -2.24. The van der Waals surface area contributed by atoms with Crippen molar-refractivity contribution in [1.82, 2.24) is 9.88 Å². The summed E-state index contributed by atoms with van der Waals surface area (Å²) in [6.45, 7) is 4.48. The van der Waals surface area contributed by atoms with Crippen LogP contribution >= 0.6 is 0 Å². The molecule has 0 unspecified atom stereocenters. The second kappa shape index (κ2) is 5.76. The third-order valence-corrected chi connectivity index (χ3v) is 5.48. The first kappa shape index (κ1) is 16.7. The third kappa shape index (κ3) is 2.97. The van der Waals surface area contributed by atoms with Crippen molar-refractivity contribution in [2.45, 2.75) is 31.3 Å². The molecule has 0 bridgehead atoms. The molecule has 0 aliphatic carbocycles. The molecule has 1 atom stereocenters. The fourth-order valence-electron chi connectivity index (χ4n) is 2.50. The van der Waals surface area contributed by atoms with Gasteiger partial charge in [-0.15, -0.1) is 0 Å². The first-order valence-electron chi connectivity index (χ1n) is 7.26. The average Bonchev–Trinajstić information content (AvgIpc) is 3.11. The molecule has 1 aliphatic heterocycles. The normalized spacial score (nSPS) is 16.2. The van der Waals surface area contributed by atoms with Crippen LogP contribution in [-0.2, 0) is 15.6 Å².